The minimum absolute atomic E-state index is 0.0330. The molecule has 28 heavy (non-hydrogen) atoms. The summed E-state index contributed by atoms with van der Waals surface area (Å²) >= 11 is 0. The number of nitrogens with one attached hydrogen (secondary N) is 1. The second-order valence-electron chi connectivity index (χ2n) is 7.46. The molecule has 1 aliphatic rings. The molecule has 0 saturated carbocycles. The van der Waals surface area contributed by atoms with Gasteiger partial charge in [-0.1, -0.05) is 61.4 Å². The molecule has 3 aromatic rings. The van der Waals surface area contributed by atoms with Crippen molar-refractivity contribution in [3.8, 4) is 0 Å². The summed E-state index contributed by atoms with van der Waals surface area (Å²) in [6.45, 7) is 2.79. The highest BCUT2D eigenvalue weighted by Gasteiger charge is 2.22. The van der Waals surface area contributed by atoms with Crippen LogP contribution in [0.5, 0.6) is 0 Å². The number of hydrogen-bond acceptors (Lipinski definition) is 3. The van der Waals surface area contributed by atoms with E-state index in [4.69, 9.17) is 0 Å². The molecule has 0 bridgehead atoms. The van der Waals surface area contributed by atoms with E-state index in [1.165, 1.54) is 31.2 Å². The largest absolute Gasteiger partial charge is 0.350 e. The highest BCUT2D eigenvalue weighted by atomic mass is 16.1. The lowest BCUT2D eigenvalue weighted by Crippen LogP contribution is -2.38. The molecule has 1 amide bonds. The van der Waals surface area contributed by atoms with Gasteiger partial charge in [0.05, 0.1) is 17.1 Å². The number of benzene rings is 2. The minimum atomic E-state index is -0.0330. The van der Waals surface area contributed by atoms with Crippen LogP contribution in [-0.2, 0) is 0 Å². The highest BCUT2D eigenvalue weighted by molar-refractivity contribution is 6.05. The van der Waals surface area contributed by atoms with Crippen molar-refractivity contribution in [3.05, 3.63) is 78.0 Å². The van der Waals surface area contributed by atoms with Crippen molar-refractivity contribution < 1.29 is 4.79 Å². The second-order valence-corrected chi connectivity index (χ2v) is 7.46. The SMILES string of the molecule is O=C(NCC(c1ccccc1)N1CCCCCC1)c1ccnc2ccccc12. The zero-order valence-corrected chi connectivity index (χ0v) is 16.2. The van der Waals surface area contributed by atoms with Crippen LogP contribution in [-0.4, -0.2) is 35.4 Å². The first-order valence-corrected chi connectivity index (χ1v) is 10.2. The summed E-state index contributed by atoms with van der Waals surface area (Å²) in [5.74, 6) is -0.0330. The van der Waals surface area contributed by atoms with E-state index < -0.39 is 0 Å². The molecule has 1 N–H and O–H groups in total. The average molecular weight is 374 g/mol. The molecule has 1 aliphatic heterocycles. The fourth-order valence-electron chi connectivity index (χ4n) is 4.12. The van der Waals surface area contributed by atoms with E-state index in [0.29, 0.717) is 12.1 Å². The van der Waals surface area contributed by atoms with E-state index in [9.17, 15) is 4.79 Å². The van der Waals surface area contributed by atoms with Crippen molar-refractivity contribution in [2.75, 3.05) is 19.6 Å². The lowest BCUT2D eigenvalue weighted by molar-refractivity contribution is 0.0935. The first-order chi connectivity index (χ1) is 13.8. The number of aromatic nitrogens is 1. The average Bonchev–Trinajstić information content (AvgIpc) is 3.04. The summed E-state index contributed by atoms with van der Waals surface area (Å²) < 4.78 is 0. The standard InChI is InChI=1S/C24H27N3O/c28-24(21-14-15-25-22-13-7-6-12-20(21)22)26-18-23(19-10-4-3-5-11-19)27-16-8-1-2-9-17-27/h3-7,10-15,23H,1-2,8-9,16-18H2,(H,26,28). The Balaban J connectivity index is 1.54. The molecule has 1 saturated heterocycles. The van der Waals surface area contributed by atoms with Crippen LogP contribution in [0.2, 0.25) is 0 Å². The maximum Gasteiger partial charge on any atom is 0.252 e. The number of fused-ring (bicyclic) bond motifs is 1. The van der Waals surface area contributed by atoms with Crippen LogP contribution >= 0.6 is 0 Å². The maximum absolute atomic E-state index is 13.0. The van der Waals surface area contributed by atoms with Gasteiger partial charge >= 0.3 is 0 Å². The number of pyridine rings is 1. The van der Waals surface area contributed by atoms with Crippen LogP contribution < -0.4 is 5.32 Å². The van der Waals surface area contributed by atoms with Crippen molar-refractivity contribution >= 4 is 16.8 Å². The Morgan fingerprint density at radius 1 is 0.929 bits per heavy atom. The molecule has 2 heterocycles. The van der Waals surface area contributed by atoms with Gasteiger partial charge in [-0.3, -0.25) is 14.7 Å². The summed E-state index contributed by atoms with van der Waals surface area (Å²) in [5, 5.41) is 4.10. The van der Waals surface area contributed by atoms with E-state index >= 15 is 0 Å². The van der Waals surface area contributed by atoms with Crippen LogP contribution in [0, 0.1) is 0 Å². The molecule has 0 aliphatic carbocycles. The molecule has 4 heteroatoms. The molecule has 144 valence electrons. The highest BCUT2D eigenvalue weighted by Crippen LogP contribution is 2.24. The maximum atomic E-state index is 13.0. The number of carbonyl (C=O) groups is 1. The third-order valence-electron chi connectivity index (χ3n) is 5.62. The van der Waals surface area contributed by atoms with Gasteiger partial charge in [-0.25, -0.2) is 0 Å². The van der Waals surface area contributed by atoms with E-state index in [0.717, 1.165) is 24.0 Å². The predicted octanol–water partition coefficient (Wildman–Crippen LogP) is 4.58. The zero-order chi connectivity index (χ0) is 19.2. The van der Waals surface area contributed by atoms with Gasteiger partial charge < -0.3 is 5.32 Å². The summed E-state index contributed by atoms with van der Waals surface area (Å²) in [6.07, 6.45) is 6.76. The zero-order valence-electron chi connectivity index (χ0n) is 16.2. The summed E-state index contributed by atoms with van der Waals surface area (Å²) in [6, 6.07) is 20.4. The van der Waals surface area contributed by atoms with Crippen LogP contribution in [0.3, 0.4) is 0 Å². The first kappa shape index (κ1) is 18.6. The van der Waals surface area contributed by atoms with Crippen molar-refractivity contribution in [1.82, 2.24) is 15.2 Å². The first-order valence-electron chi connectivity index (χ1n) is 10.2. The number of nitrogens with zero attached hydrogens (tertiary/aromatic N) is 2. The van der Waals surface area contributed by atoms with E-state index in [2.05, 4.69) is 39.5 Å². The number of hydrogen-bond donors (Lipinski definition) is 1. The number of carbonyl (C=O) groups excluding carboxylic acids is 1. The van der Waals surface area contributed by atoms with Gasteiger partial charge in [0.1, 0.15) is 0 Å². The van der Waals surface area contributed by atoms with Crippen LogP contribution in [0.15, 0.2) is 66.9 Å². The van der Waals surface area contributed by atoms with Gasteiger partial charge in [0, 0.05) is 18.1 Å². The van der Waals surface area contributed by atoms with Gasteiger partial charge in [-0.15, -0.1) is 0 Å². The molecule has 1 fully saturated rings. The summed E-state index contributed by atoms with van der Waals surface area (Å²) in [7, 11) is 0. The Bertz CT molecular complexity index is 912. The Kier molecular flexibility index (Phi) is 5.98. The second kappa shape index (κ2) is 8.98. The van der Waals surface area contributed by atoms with Gasteiger partial charge in [-0.2, -0.15) is 0 Å². The van der Waals surface area contributed by atoms with Crippen molar-refractivity contribution in [2.45, 2.75) is 31.7 Å². The summed E-state index contributed by atoms with van der Waals surface area (Å²) in [5.41, 5.74) is 2.81. The monoisotopic (exact) mass is 373 g/mol. The molecule has 4 rings (SSSR count). The number of amides is 1. The molecular weight excluding hydrogens is 346 g/mol. The van der Waals surface area contributed by atoms with E-state index in [1.807, 2.05) is 30.3 Å². The smallest absolute Gasteiger partial charge is 0.252 e. The Hall–Kier alpha value is -2.72. The quantitative estimate of drug-likeness (QED) is 0.712. The van der Waals surface area contributed by atoms with Gasteiger partial charge in [0.2, 0.25) is 0 Å². The number of para-hydroxylation sites is 1. The molecule has 1 aromatic heterocycles. The van der Waals surface area contributed by atoms with E-state index in [-0.39, 0.29) is 11.9 Å². The van der Waals surface area contributed by atoms with Crippen LogP contribution in [0.1, 0.15) is 47.6 Å². The number of likely N-dealkylation sites (tertiary alicyclic amines) is 1. The predicted molar refractivity (Wildman–Crippen MR) is 113 cm³/mol. The molecule has 2 aromatic carbocycles. The Labute approximate surface area is 166 Å². The minimum Gasteiger partial charge on any atom is -0.350 e. The third-order valence-corrected chi connectivity index (χ3v) is 5.62. The fourth-order valence-corrected chi connectivity index (χ4v) is 4.12. The fraction of sp³-hybridized carbons (Fsp3) is 0.333. The van der Waals surface area contributed by atoms with Crippen LogP contribution in [0.25, 0.3) is 10.9 Å². The van der Waals surface area contributed by atoms with Crippen molar-refractivity contribution in [3.63, 3.8) is 0 Å². The Morgan fingerprint density at radius 2 is 1.64 bits per heavy atom. The molecule has 0 radical (unpaired) electrons. The Morgan fingerprint density at radius 3 is 2.43 bits per heavy atom. The molecule has 1 atom stereocenters. The van der Waals surface area contributed by atoms with Crippen molar-refractivity contribution in [1.29, 1.82) is 0 Å². The summed E-state index contributed by atoms with van der Waals surface area (Å²) in [4.78, 5) is 19.9. The normalized spacial score (nSPS) is 16.4. The molecule has 4 nitrogen and oxygen atoms in total. The van der Waals surface area contributed by atoms with Crippen molar-refractivity contribution in [2.24, 2.45) is 0 Å². The topological polar surface area (TPSA) is 45.2 Å². The lowest BCUT2D eigenvalue weighted by atomic mass is 10.0. The van der Waals surface area contributed by atoms with E-state index in [1.54, 1.807) is 12.3 Å². The van der Waals surface area contributed by atoms with Crippen LogP contribution in [0.4, 0.5) is 0 Å². The third kappa shape index (κ3) is 4.23. The lowest BCUT2D eigenvalue weighted by Gasteiger charge is -2.31. The van der Waals surface area contributed by atoms with Gasteiger partial charge in [0.15, 0.2) is 0 Å². The molecular formula is C24H27N3O. The molecule has 0 spiro atoms. The number of rotatable bonds is 5. The van der Waals surface area contributed by atoms with Gasteiger partial charge in [0.25, 0.3) is 5.91 Å². The molecule has 1 unspecified atom stereocenters. The van der Waals surface area contributed by atoms with Gasteiger partial charge in [-0.05, 0) is 43.6 Å².